The van der Waals surface area contributed by atoms with Crippen LogP contribution in [0.4, 0.5) is 5.69 Å². The van der Waals surface area contributed by atoms with Gasteiger partial charge in [0, 0.05) is 0 Å². The molecule has 3 nitrogen and oxygen atoms in total. The van der Waals surface area contributed by atoms with Gasteiger partial charge in [0.25, 0.3) is 11.7 Å². The predicted octanol–water partition coefficient (Wildman–Crippen LogP) is 1.75. The number of rotatable bonds is 0. The number of anilines is 1. The number of benzene rings is 1. The van der Waals surface area contributed by atoms with Crippen molar-refractivity contribution in [2.75, 3.05) is 5.32 Å². The SMILES string of the molecule is Cc1cc2c(c(C)c1C)NC(=O)C2=O. The van der Waals surface area contributed by atoms with Crippen molar-refractivity contribution in [3.63, 3.8) is 0 Å². The first-order valence-electron chi connectivity index (χ1n) is 4.49. The molecular weight excluding hydrogens is 178 g/mol. The van der Waals surface area contributed by atoms with Gasteiger partial charge in [-0.25, -0.2) is 0 Å². The second-order valence-corrected chi connectivity index (χ2v) is 3.65. The summed E-state index contributed by atoms with van der Waals surface area (Å²) < 4.78 is 0. The van der Waals surface area contributed by atoms with Crippen molar-refractivity contribution in [1.29, 1.82) is 0 Å². The van der Waals surface area contributed by atoms with E-state index in [0.717, 1.165) is 16.7 Å². The molecule has 72 valence electrons. The Hall–Kier alpha value is -1.64. The molecule has 0 saturated carbocycles. The number of amides is 1. The van der Waals surface area contributed by atoms with E-state index in [1.54, 1.807) is 6.07 Å². The van der Waals surface area contributed by atoms with E-state index >= 15 is 0 Å². The first kappa shape index (κ1) is 8.94. The molecule has 2 rings (SSSR count). The molecule has 1 aromatic rings. The largest absolute Gasteiger partial charge is 0.318 e. The summed E-state index contributed by atoms with van der Waals surface area (Å²) in [6.45, 7) is 5.85. The fourth-order valence-corrected chi connectivity index (χ4v) is 1.71. The number of nitrogens with one attached hydrogen (secondary N) is 1. The number of carbonyl (C=O) groups is 2. The Morgan fingerprint density at radius 2 is 1.71 bits per heavy atom. The molecule has 14 heavy (non-hydrogen) atoms. The number of fused-ring (bicyclic) bond motifs is 1. The van der Waals surface area contributed by atoms with Gasteiger partial charge in [-0.1, -0.05) is 0 Å². The predicted molar refractivity (Wildman–Crippen MR) is 53.6 cm³/mol. The second kappa shape index (κ2) is 2.67. The first-order valence-corrected chi connectivity index (χ1v) is 4.49. The fraction of sp³-hybridized carbons (Fsp3) is 0.273. The molecule has 1 heterocycles. The van der Waals surface area contributed by atoms with E-state index in [9.17, 15) is 9.59 Å². The monoisotopic (exact) mass is 189 g/mol. The average Bonchev–Trinajstić information content (AvgIpc) is 2.42. The van der Waals surface area contributed by atoms with Gasteiger partial charge in [-0.2, -0.15) is 0 Å². The van der Waals surface area contributed by atoms with Gasteiger partial charge in [-0.15, -0.1) is 0 Å². The normalized spacial score (nSPS) is 14.2. The molecule has 0 radical (unpaired) electrons. The Bertz CT molecular complexity index is 461. The van der Waals surface area contributed by atoms with Gasteiger partial charge < -0.3 is 5.32 Å². The number of ketones is 1. The molecule has 3 heteroatoms. The topological polar surface area (TPSA) is 46.2 Å². The van der Waals surface area contributed by atoms with Crippen LogP contribution in [0.2, 0.25) is 0 Å². The summed E-state index contributed by atoms with van der Waals surface area (Å²) in [4.78, 5) is 22.5. The standard InChI is InChI=1S/C11H11NO2/c1-5-4-8-9(7(3)6(5)2)12-11(14)10(8)13/h4H,1-3H3,(H,12,13,14). The van der Waals surface area contributed by atoms with Crippen molar-refractivity contribution in [2.45, 2.75) is 20.8 Å². The smallest absolute Gasteiger partial charge is 0.296 e. The highest BCUT2D eigenvalue weighted by atomic mass is 16.2. The summed E-state index contributed by atoms with van der Waals surface area (Å²) in [6, 6.07) is 1.78. The van der Waals surface area contributed by atoms with Crippen molar-refractivity contribution in [1.82, 2.24) is 0 Å². The number of aryl methyl sites for hydroxylation is 1. The molecule has 1 aliphatic heterocycles. The van der Waals surface area contributed by atoms with Crippen molar-refractivity contribution in [3.8, 4) is 0 Å². The van der Waals surface area contributed by atoms with E-state index in [1.807, 2.05) is 20.8 Å². The molecule has 0 aromatic heterocycles. The van der Waals surface area contributed by atoms with Gasteiger partial charge >= 0.3 is 0 Å². The van der Waals surface area contributed by atoms with Crippen LogP contribution < -0.4 is 5.32 Å². The van der Waals surface area contributed by atoms with Crippen molar-refractivity contribution >= 4 is 17.4 Å². The Kier molecular flexibility index (Phi) is 1.71. The molecule has 1 aromatic carbocycles. The van der Waals surface area contributed by atoms with Crippen LogP contribution in [0.5, 0.6) is 0 Å². The van der Waals surface area contributed by atoms with Crippen LogP contribution in [-0.2, 0) is 4.79 Å². The molecule has 0 saturated heterocycles. The van der Waals surface area contributed by atoms with Crippen LogP contribution in [0.15, 0.2) is 6.07 Å². The minimum absolute atomic E-state index is 0.425. The van der Waals surface area contributed by atoms with E-state index in [0.29, 0.717) is 11.3 Å². The third-order valence-corrected chi connectivity index (χ3v) is 2.85. The summed E-state index contributed by atoms with van der Waals surface area (Å²) in [6.07, 6.45) is 0. The lowest BCUT2D eigenvalue weighted by molar-refractivity contribution is -0.112. The van der Waals surface area contributed by atoms with Crippen LogP contribution in [0.25, 0.3) is 0 Å². The molecule has 0 bridgehead atoms. The second-order valence-electron chi connectivity index (χ2n) is 3.65. The summed E-state index contributed by atoms with van der Waals surface area (Å²) in [5.41, 5.74) is 4.35. The van der Waals surface area contributed by atoms with Crippen LogP contribution in [-0.4, -0.2) is 11.7 Å². The Labute approximate surface area is 82.1 Å². The van der Waals surface area contributed by atoms with Crippen LogP contribution in [0.3, 0.4) is 0 Å². The molecule has 1 amide bonds. The van der Waals surface area contributed by atoms with Crippen molar-refractivity contribution in [3.05, 3.63) is 28.3 Å². The minimum Gasteiger partial charge on any atom is -0.318 e. The van der Waals surface area contributed by atoms with Gasteiger partial charge in [0.05, 0.1) is 11.3 Å². The first-order chi connectivity index (χ1) is 6.52. The van der Waals surface area contributed by atoms with Crippen molar-refractivity contribution in [2.24, 2.45) is 0 Å². The summed E-state index contributed by atoms with van der Waals surface area (Å²) in [5, 5.41) is 2.60. The van der Waals surface area contributed by atoms with E-state index in [-0.39, 0.29) is 0 Å². The van der Waals surface area contributed by atoms with Gasteiger partial charge in [-0.05, 0) is 43.5 Å². The highest BCUT2D eigenvalue weighted by molar-refractivity contribution is 6.51. The van der Waals surface area contributed by atoms with Gasteiger partial charge in [-0.3, -0.25) is 9.59 Å². The average molecular weight is 189 g/mol. The Morgan fingerprint density at radius 3 is 2.36 bits per heavy atom. The zero-order valence-corrected chi connectivity index (χ0v) is 8.39. The van der Waals surface area contributed by atoms with E-state index < -0.39 is 11.7 Å². The summed E-state index contributed by atoms with van der Waals surface area (Å²) in [5.74, 6) is -0.945. The lowest BCUT2D eigenvalue weighted by Crippen LogP contribution is -2.12. The third kappa shape index (κ3) is 0.985. The fourth-order valence-electron chi connectivity index (χ4n) is 1.71. The Balaban J connectivity index is 2.76. The zero-order chi connectivity index (χ0) is 10.5. The summed E-state index contributed by atoms with van der Waals surface area (Å²) in [7, 11) is 0. The van der Waals surface area contributed by atoms with Gasteiger partial charge in [0.1, 0.15) is 0 Å². The molecule has 1 aliphatic rings. The third-order valence-electron chi connectivity index (χ3n) is 2.85. The molecule has 0 unspecified atom stereocenters. The molecule has 0 fully saturated rings. The Morgan fingerprint density at radius 1 is 1.07 bits per heavy atom. The van der Waals surface area contributed by atoms with E-state index in [2.05, 4.69) is 5.32 Å². The molecular formula is C11H11NO2. The molecule has 0 spiro atoms. The quantitative estimate of drug-likeness (QED) is 0.632. The highest BCUT2D eigenvalue weighted by Gasteiger charge is 2.29. The number of hydrogen-bond acceptors (Lipinski definition) is 2. The molecule has 1 N–H and O–H groups in total. The maximum atomic E-state index is 11.4. The maximum Gasteiger partial charge on any atom is 0.296 e. The summed E-state index contributed by atoms with van der Waals surface area (Å²) >= 11 is 0. The molecule has 0 atom stereocenters. The minimum atomic E-state index is -0.520. The van der Waals surface area contributed by atoms with Gasteiger partial charge in [0.15, 0.2) is 0 Å². The highest BCUT2D eigenvalue weighted by Crippen LogP contribution is 2.30. The van der Waals surface area contributed by atoms with Gasteiger partial charge in [0.2, 0.25) is 0 Å². The van der Waals surface area contributed by atoms with Crippen LogP contribution >= 0.6 is 0 Å². The van der Waals surface area contributed by atoms with Crippen LogP contribution in [0.1, 0.15) is 27.0 Å². The molecule has 0 aliphatic carbocycles. The number of carbonyl (C=O) groups excluding carboxylic acids is 2. The maximum absolute atomic E-state index is 11.4. The lowest BCUT2D eigenvalue weighted by Gasteiger charge is -2.08. The number of Topliss-reactive ketones (excluding diaryl/α,β-unsaturated/α-hetero) is 1. The van der Waals surface area contributed by atoms with Crippen molar-refractivity contribution < 1.29 is 9.59 Å². The van der Waals surface area contributed by atoms with Crippen LogP contribution in [0, 0.1) is 20.8 Å². The zero-order valence-electron chi connectivity index (χ0n) is 8.39. The number of hydrogen-bond donors (Lipinski definition) is 1. The lowest BCUT2D eigenvalue weighted by atomic mass is 9.98. The van der Waals surface area contributed by atoms with E-state index in [1.165, 1.54) is 0 Å². The van der Waals surface area contributed by atoms with E-state index in [4.69, 9.17) is 0 Å².